The normalized spacial score (nSPS) is 15.8. The smallest absolute Gasteiger partial charge is 0.305 e. The number of aliphatic carboxylic acids is 1. The van der Waals surface area contributed by atoms with E-state index in [9.17, 15) is 14.7 Å². The van der Waals surface area contributed by atoms with E-state index in [0.29, 0.717) is 30.0 Å². The van der Waals surface area contributed by atoms with Gasteiger partial charge in [0.1, 0.15) is 0 Å². The molecule has 0 aliphatic carbocycles. The lowest BCUT2D eigenvalue weighted by molar-refractivity contribution is -0.138. The second kappa shape index (κ2) is 7.50. The van der Waals surface area contributed by atoms with Crippen LogP contribution in [0.15, 0.2) is 42.6 Å². The molecule has 2 aromatic carbocycles. The van der Waals surface area contributed by atoms with E-state index in [2.05, 4.69) is 4.98 Å². The molecule has 0 bridgehead atoms. The number of carboxylic acids is 1. The summed E-state index contributed by atoms with van der Waals surface area (Å²) in [7, 11) is 3.10. The molecule has 0 fully saturated rings. The van der Waals surface area contributed by atoms with Crippen molar-refractivity contribution in [1.29, 1.82) is 0 Å². The number of carbonyl (C=O) groups is 2. The maximum Gasteiger partial charge on any atom is 0.305 e. The molecule has 150 valence electrons. The highest BCUT2D eigenvalue weighted by molar-refractivity contribution is 5.98. The monoisotopic (exact) mass is 394 g/mol. The zero-order chi connectivity index (χ0) is 20.5. The highest BCUT2D eigenvalue weighted by Crippen LogP contribution is 2.40. The number of rotatable bonds is 5. The van der Waals surface area contributed by atoms with Crippen molar-refractivity contribution in [2.24, 2.45) is 0 Å². The van der Waals surface area contributed by atoms with Gasteiger partial charge in [-0.25, -0.2) is 0 Å². The number of hydrogen-bond donors (Lipinski definition) is 2. The van der Waals surface area contributed by atoms with E-state index in [1.165, 1.54) is 7.11 Å². The van der Waals surface area contributed by atoms with Crippen LogP contribution >= 0.6 is 0 Å². The van der Waals surface area contributed by atoms with E-state index in [-0.39, 0.29) is 12.3 Å². The Bertz CT molecular complexity index is 1090. The molecule has 1 aliphatic heterocycles. The molecule has 1 amide bonds. The van der Waals surface area contributed by atoms with E-state index in [1.807, 2.05) is 30.5 Å². The van der Waals surface area contributed by atoms with Crippen molar-refractivity contribution in [3.05, 3.63) is 59.3 Å². The molecule has 0 saturated heterocycles. The summed E-state index contributed by atoms with van der Waals surface area (Å²) in [5, 5.41) is 10.4. The van der Waals surface area contributed by atoms with E-state index >= 15 is 0 Å². The van der Waals surface area contributed by atoms with E-state index in [0.717, 1.165) is 22.0 Å². The lowest BCUT2D eigenvalue weighted by Crippen LogP contribution is -2.41. The number of H-pyrrole nitrogens is 1. The van der Waals surface area contributed by atoms with Gasteiger partial charge in [0.05, 0.1) is 26.7 Å². The second-order valence-electron chi connectivity index (χ2n) is 7.05. The molecule has 0 radical (unpaired) electrons. The van der Waals surface area contributed by atoms with Crippen LogP contribution in [0.2, 0.25) is 0 Å². The lowest BCUT2D eigenvalue weighted by atomic mass is 9.89. The quantitative estimate of drug-likeness (QED) is 0.692. The molecule has 7 heteroatoms. The first-order chi connectivity index (χ1) is 14.0. The van der Waals surface area contributed by atoms with Crippen molar-refractivity contribution in [1.82, 2.24) is 9.88 Å². The lowest BCUT2D eigenvalue weighted by Gasteiger charge is -2.37. The molecule has 29 heavy (non-hydrogen) atoms. The van der Waals surface area contributed by atoms with Crippen LogP contribution in [0.4, 0.5) is 0 Å². The van der Waals surface area contributed by atoms with Gasteiger partial charge in [0, 0.05) is 29.2 Å². The van der Waals surface area contributed by atoms with Crippen LogP contribution in [0.1, 0.15) is 33.9 Å². The topological polar surface area (TPSA) is 91.9 Å². The molecule has 1 aliphatic rings. The molecule has 2 N–H and O–H groups in total. The van der Waals surface area contributed by atoms with Crippen molar-refractivity contribution >= 4 is 22.8 Å². The molecule has 0 saturated carbocycles. The molecular formula is C22H22N2O5. The van der Waals surface area contributed by atoms with Crippen molar-refractivity contribution in [3.8, 4) is 11.5 Å². The molecule has 1 atom stereocenters. The molecule has 2 heterocycles. The van der Waals surface area contributed by atoms with E-state index in [1.54, 1.807) is 24.1 Å². The Hall–Kier alpha value is -3.48. The van der Waals surface area contributed by atoms with Gasteiger partial charge in [-0.05, 0) is 53.9 Å². The first kappa shape index (κ1) is 18.9. The zero-order valence-corrected chi connectivity index (χ0v) is 16.3. The number of amides is 1. The number of carbonyl (C=O) groups excluding carboxylic acids is 1. The number of nitrogens with zero attached hydrogens (tertiary/aromatic N) is 1. The third-order valence-electron chi connectivity index (χ3n) is 5.43. The first-order valence-electron chi connectivity index (χ1n) is 9.36. The maximum absolute atomic E-state index is 13.3. The fourth-order valence-electron chi connectivity index (χ4n) is 4.01. The molecule has 3 aromatic rings. The Morgan fingerprint density at radius 3 is 2.62 bits per heavy atom. The summed E-state index contributed by atoms with van der Waals surface area (Å²) in [6.07, 6.45) is 2.26. The number of ether oxygens (including phenoxy) is 2. The number of carboxylic acid groups (broad SMARTS) is 1. The zero-order valence-electron chi connectivity index (χ0n) is 16.3. The predicted molar refractivity (Wildman–Crippen MR) is 108 cm³/mol. The Balaban J connectivity index is 1.75. The molecule has 7 nitrogen and oxygen atoms in total. The number of aromatic nitrogens is 1. The highest BCUT2D eigenvalue weighted by Gasteiger charge is 2.34. The van der Waals surface area contributed by atoms with E-state index in [4.69, 9.17) is 9.47 Å². The van der Waals surface area contributed by atoms with E-state index < -0.39 is 12.0 Å². The van der Waals surface area contributed by atoms with Crippen molar-refractivity contribution in [2.75, 3.05) is 20.8 Å². The number of nitrogens with one attached hydrogen (secondary N) is 1. The average Bonchev–Trinajstić information content (AvgIpc) is 3.20. The minimum atomic E-state index is -0.962. The van der Waals surface area contributed by atoms with Crippen molar-refractivity contribution in [3.63, 3.8) is 0 Å². The summed E-state index contributed by atoms with van der Waals surface area (Å²) in [4.78, 5) is 29.7. The standard InChI is InChI=1S/C22H22N2O5/c1-28-19-10-13-6-8-24(18(12-21(25)26)16(13)11-20(19)29-2)22(27)15-3-4-17-14(9-15)5-7-23-17/h3-5,7,9-11,18,23H,6,8,12H2,1-2H3,(H,25,26). The average molecular weight is 394 g/mol. The minimum absolute atomic E-state index is 0.180. The molecule has 4 rings (SSSR count). The highest BCUT2D eigenvalue weighted by atomic mass is 16.5. The van der Waals surface area contributed by atoms with Crippen LogP contribution in [0.25, 0.3) is 10.9 Å². The first-order valence-corrected chi connectivity index (χ1v) is 9.36. The fourth-order valence-corrected chi connectivity index (χ4v) is 4.01. The number of benzene rings is 2. The third-order valence-corrected chi connectivity index (χ3v) is 5.43. The Kier molecular flexibility index (Phi) is 4.88. The van der Waals surface area contributed by atoms with Crippen molar-refractivity contribution < 1.29 is 24.2 Å². The molecule has 1 unspecified atom stereocenters. The molecule has 0 spiro atoms. The van der Waals surface area contributed by atoms with Crippen molar-refractivity contribution in [2.45, 2.75) is 18.9 Å². The van der Waals surface area contributed by atoms with Gasteiger partial charge in [-0.3, -0.25) is 9.59 Å². The van der Waals surface area contributed by atoms with Crippen LogP contribution < -0.4 is 9.47 Å². The summed E-state index contributed by atoms with van der Waals surface area (Å²) in [6.45, 7) is 0.435. The number of methoxy groups -OCH3 is 2. The van der Waals surface area contributed by atoms with Crippen LogP contribution in [-0.4, -0.2) is 47.6 Å². The van der Waals surface area contributed by atoms with Gasteiger partial charge < -0.3 is 24.5 Å². The van der Waals surface area contributed by atoms with Crippen LogP contribution in [0, 0.1) is 0 Å². The van der Waals surface area contributed by atoms with Crippen LogP contribution in [-0.2, 0) is 11.2 Å². The molecular weight excluding hydrogens is 372 g/mol. The van der Waals surface area contributed by atoms with Gasteiger partial charge >= 0.3 is 5.97 Å². The summed E-state index contributed by atoms with van der Waals surface area (Å²) < 4.78 is 10.8. The van der Waals surface area contributed by atoms with Gasteiger partial charge in [0.15, 0.2) is 11.5 Å². The number of fused-ring (bicyclic) bond motifs is 2. The maximum atomic E-state index is 13.3. The van der Waals surface area contributed by atoms with Gasteiger partial charge in [0.2, 0.25) is 0 Å². The summed E-state index contributed by atoms with van der Waals surface area (Å²) >= 11 is 0. The van der Waals surface area contributed by atoms with Gasteiger partial charge in [-0.2, -0.15) is 0 Å². The number of aromatic amines is 1. The van der Waals surface area contributed by atoms with Gasteiger partial charge in [-0.15, -0.1) is 0 Å². The number of hydrogen-bond acceptors (Lipinski definition) is 4. The van der Waals surface area contributed by atoms with Crippen LogP contribution in [0.3, 0.4) is 0 Å². The predicted octanol–water partition coefficient (Wildman–Crippen LogP) is 3.40. The third kappa shape index (κ3) is 3.40. The van der Waals surface area contributed by atoms with Crippen LogP contribution in [0.5, 0.6) is 11.5 Å². The minimum Gasteiger partial charge on any atom is -0.493 e. The molecule has 1 aromatic heterocycles. The summed E-state index contributed by atoms with van der Waals surface area (Å²) in [6, 6.07) is 10.4. The Morgan fingerprint density at radius 1 is 1.14 bits per heavy atom. The van der Waals surface area contributed by atoms with Gasteiger partial charge in [-0.1, -0.05) is 0 Å². The second-order valence-corrected chi connectivity index (χ2v) is 7.05. The largest absolute Gasteiger partial charge is 0.493 e. The summed E-state index contributed by atoms with van der Waals surface area (Å²) in [5.74, 6) is -0.0287. The Morgan fingerprint density at radius 2 is 1.90 bits per heavy atom. The fraction of sp³-hybridized carbons (Fsp3) is 0.273. The Labute approximate surface area is 167 Å². The SMILES string of the molecule is COc1cc2c(cc1OC)C(CC(=O)O)N(C(=O)c1ccc3[nH]ccc3c1)CC2. The van der Waals surface area contributed by atoms with Gasteiger partial charge in [0.25, 0.3) is 5.91 Å². The summed E-state index contributed by atoms with van der Waals surface area (Å²) in [5.41, 5.74) is 3.24.